The van der Waals surface area contributed by atoms with Crippen molar-refractivity contribution in [3.63, 3.8) is 0 Å². The summed E-state index contributed by atoms with van der Waals surface area (Å²) in [5.74, 6) is 0. The highest BCUT2D eigenvalue weighted by Gasteiger charge is 2.21. The van der Waals surface area contributed by atoms with Gasteiger partial charge >= 0.3 is 0 Å². The third-order valence-corrected chi connectivity index (χ3v) is 2.67. The lowest BCUT2D eigenvalue weighted by Crippen LogP contribution is -2.34. The van der Waals surface area contributed by atoms with Gasteiger partial charge in [-0.25, -0.2) is 0 Å². The van der Waals surface area contributed by atoms with Crippen molar-refractivity contribution in [3.8, 4) is 0 Å². The fourth-order valence-electron chi connectivity index (χ4n) is 1.54. The molecule has 1 fully saturated rings. The Labute approximate surface area is 93.5 Å². The van der Waals surface area contributed by atoms with Crippen molar-refractivity contribution in [1.82, 2.24) is 5.32 Å². The van der Waals surface area contributed by atoms with Crippen LogP contribution in [0.3, 0.4) is 0 Å². The van der Waals surface area contributed by atoms with Crippen LogP contribution in [0.2, 0.25) is 0 Å². The second-order valence-corrected chi connectivity index (χ2v) is 4.34. The van der Waals surface area contributed by atoms with Gasteiger partial charge in [0.1, 0.15) is 0 Å². The SMILES string of the molecule is CCCCCOC(CNC1CC1)COC. The summed E-state index contributed by atoms with van der Waals surface area (Å²) < 4.78 is 10.9. The molecule has 0 aromatic rings. The van der Waals surface area contributed by atoms with Gasteiger partial charge < -0.3 is 14.8 Å². The average molecular weight is 215 g/mol. The summed E-state index contributed by atoms with van der Waals surface area (Å²) in [4.78, 5) is 0. The molecule has 0 aromatic heterocycles. The molecular weight excluding hydrogens is 190 g/mol. The highest BCUT2D eigenvalue weighted by Crippen LogP contribution is 2.18. The summed E-state index contributed by atoms with van der Waals surface area (Å²) >= 11 is 0. The third-order valence-electron chi connectivity index (χ3n) is 2.67. The first kappa shape index (κ1) is 12.9. The molecule has 0 amide bonds. The normalized spacial score (nSPS) is 18.0. The van der Waals surface area contributed by atoms with Gasteiger partial charge in [-0.2, -0.15) is 0 Å². The minimum Gasteiger partial charge on any atom is -0.382 e. The van der Waals surface area contributed by atoms with Crippen LogP contribution in [0, 0.1) is 0 Å². The van der Waals surface area contributed by atoms with Gasteiger partial charge in [0.15, 0.2) is 0 Å². The Morgan fingerprint density at radius 2 is 2.13 bits per heavy atom. The molecule has 0 aliphatic heterocycles. The van der Waals surface area contributed by atoms with Crippen LogP contribution in [0.15, 0.2) is 0 Å². The van der Waals surface area contributed by atoms with Gasteiger partial charge in [0.2, 0.25) is 0 Å². The van der Waals surface area contributed by atoms with Crippen LogP contribution >= 0.6 is 0 Å². The van der Waals surface area contributed by atoms with E-state index in [1.54, 1.807) is 7.11 Å². The van der Waals surface area contributed by atoms with Gasteiger partial charge in [0.25, 0.3) is 0 Å². The highest BCUT2D eigenvalue weighted by molar-refractivity contribution is 4.82. The molecule has 0 bridgehead atoms. The number of unbranched alkanes of at least 4 members (excludes halogenated alkanes) is 2. The van der Waals surface area contributed by atoms with E-state index >= 15 is 0 Å². The molecule has 0 saturated heterocycles. The molecule has 0 aromatic carbocycles. The molecule has 15 heavy (non-hydrogen) atoms. The van der Waals surface area contributed by atoms with Crippen molar-refractivity contribution < 1.29 is 9.47 Å². The zero-order valence-corrected chi connectivity index (χ0v) is 10.1. The van der Waals surface area contributed by atoms with E-state index < -0.39 is 0 Å². The van der Waals surface area contributed by atoms with E-state index in [-0.39, 0.29) is 6.10 Å². The van der Waals surface area contributed by atoms with Gasteiger partial charge in [0, 0.05) is 26.3 Å². The minimum absolute atomic E-state index is 0.229. The van der Waals surface area contributed by atoms with Crippen LogP contribution in [0.4, 0.5) is 0 Å². The second-order valence-electron chi connectivity index (χ2n) is 4.34. The smallest absolute Gasteiger partial charge is 0.0932 e. The topological polar surface area (TPSA) is 30.5 Å². The molecule has 0 spiro atoms. The Hall–Kier alpha value is -0.120. The van der Waals surface area contributed by atoms with Gasteiger partial charge in [-0.1, -0.05) is 19.8 Å². The van der Waals surface area contributed by atoms with E-state index in [9.17, 15) is 0 Å². The maximum Gasteiger partial charge on any atom is 0.0932 e. The molecule has 0 heterocycles. The summed E-state index contributed by atoms with van der Waals surface area (Å²) in [7, 11) is 1.74. The molecule has 1 aliphatic rings. The van der Waals surface area contributed by atoms with Crippen molar-refractivity contribution in [2.45, 2.75) is 51.2 Å². The zero-order valence-electron chi connectivity index (χ0n) is 10.1. The van der Waals surface area contributed by atoms with Gasteiger partial charge in [0.05, 0.1) is 12.7 Å². The van der Waals surface area contributed by atoms with E-state index in [0.717, 1.165) is 19.2 Å². The molecule has 0 radical (unpaired) electrons. The molecule has 1 aliphatic carbocycles. The summed E-state index contributed by atoms with van der Waals surface area (Å²) in [6.45, 7) is 4.71. The van der Waals surface area contributed by atoms with E-state index in [1.807, 2.05) is 0 Å². The fraction of sp³-hybridized carbons (Fsp3) is 1.00. The average Bonchev–Trinajstić information content (AvgIpc) is 3.04. The van der Waals surface area contributed by atoms with Crippen molar-refractivity contribution in [2.24, 2.45) is 0 Å². The standard InChI is InChI=1S/C12H25NO2/c1-3-4-5-8-15-12(10-14-2)9-13-11-6-7-11/h11-13H,3-10H2,1-2H3. The summed E-state index contributed by atoms with van der Waals surface area (Å²) in [6.07, 6.45) is 6.56. The van der Waals surface area contributed by atoms with Crippen molar-refractivity contribution in [3.05, 3.63) is 0 Å². The van der Waals surface area contributed by atoms with Gasteiger partial charge in [-0.3, -0.25) is 0 Å². The molecule has 3 nitrogen and oxygen atoms in total. The zero-order chi connectivity index (χ0) is 10.9. The largest absolute Gasteiger partial charge is 0.382 e. The predicted octanol–water partition coefficient (Wildman–Crippen LogP) is 1.96. The molecule has 1 saturated carbocycles. The number of rotatable bonds is 10. The van der Waals surface area contributed by atoms with Gasteiger partial charge in [-0.05, 0) is 19.3 Å². The van der Waals surface area contributed by atoms with E-state index in [4.69, 9.17) is 9.47 Å². The van der Waals surface area contributed by atoms with Crippen molar-refractivity contribution >= 4 is 0 Å². The summed E-state index contributed by atoms with van der Waals surface area (Å²) in [5.41, 5.74) is 0. The quantitative estimate of drug-likeness (QED) is 0.565. The van der Waals surface area contributed by atoms with Crippen LogP contribution < -0.4 is 5.32 Å². The Balaban J connectivity index is 1.99. The monoisotopic (exact) mass is 215 g/mol. The van der Waals surface area contributed by atoms with Crippen LogP contribution in [0.5, 0.6) is 0 Å². The minimum atomic E-state index is 0.229. The predicted molar refractivity (Wildman–Crippen MR) is 62.2 cm³/mol. The number of hydrogen-bond acceptors (Lipinski definition) is 3. The fourth-order valence-corrected chi connectivity index (χ4v) is 1.54. The number of hydrogen-bond donors (Lipinski definition) is 1. The maximum absolute atomic E-state index is 5.78. The Kier molecular flexibility index (Phi) is 6.98. The lowest BCUT2D eigenvalue weighted by atomic mass is 10.2. The number of nitrogens with one attached hydrogen (secondary N) is 1. The van der Waals surface area contributed by atoms with E-state index in [0.29, 0.717) is 6.61 Å². The molecule has 1 N–H and O–H groups in total. The summed E-state index contributed by atoms with van der Waals surface area (Å²) in [6, 6.07) is 0.753. The third kappa shape index (κ3) is 6.88. The number of methoxy groups -OCH3 is 1. The maximum atomic E-state index is 5.78. The molecule has 1 atom stereocenters. The molecular formula is C12H25NO2. The van der Waals surface area contributed by atoms with Crippen LogP contribution in [-0.4, -0.2) is 39.0 Å². The number of ether oxygens (including phenoxy) is 2. The lowest BCUT2D eigenvalue weighted by Gasteiger charge is -2.17. The Morgan fingerprint density at radius 3 is 2.73 bits per heavy atom. The second kappa shape index (κ2) is 8.08. The van der Waals surface area contributed by atoms with Crippen molar-refractivity contribution in [2.75, 3.05) is 26.9 Å². The Bertz CT molecular complexity index is 149. The summed E-state index contributed by atoms with van der Waals surface area (Å²) in [5, 5.41) is 3.48. The van der Waals surface area contributed by atoms with Crippen LogP contribution in [-0.2, 0) is 9.47 Å². The van der Waals surface area contributed by atoms with E-state index in [2.05, 4.69) is 12.2 Å². The first-order valence-corrected chi connectivity index (χ1v) is 6.20. The van der Waals surface area contributed by atoms with Gasteiger partial charge in [-0.15, -0.1) is 0 Å². The highest BCUT2D eigenvalue weighted by atomic mass is 16.5. The molecule has 1 unspecified atom stereocenters. The molecule has 1 rings (SSSR count). The Morgan fingerprint density at radius 1 is 1.33 bits per heavy atom. The van der Waals surface area contributed by atoms with Crippen LogP contribution in [0.25, 0.3) is 0 Å². The molecule has 3 heteroatoms. The molecule has 90 valence electrons. The first-order chi connectivity index (χ1) is 7.36. The first-order valence-electron chi connectivity index (χ1n) is 6.20. The lowest BCUT2D eigenvalue weighted by molar-refractivity contribution is -0.00250. The van der Waals surface area contributed by atoms with Crippen LogP contribution in [0.1, 0.15) is 39.0 Å². The van der Waals surface area contributed by atoms with E-state index in [1.165, 1.54) is 32.1 Å². The van der Waals surface area contributed by atoms with Crippen molar-refractivity contribution in [1.29, 1.82) is 0 Å².